The van der Waals surface area contributed by atoms with Crippen LogP contribution in [0.4, 0.5) is 8.78 Å². The summed E-state index contributed by atoms with van der Waals surface area (Å²) in [6.07, 6.45) is 3.21. The van der Waals surface area contributed by atoms with E-state index in [0.717, 1.165) is 51.0 Å². The summed E-state index contributed by atoms with van der Waals surface area (Å²) in [5.41, 5.74) is 0.498. The van der Waals surface area contributed by atoms with Crippen LogP contribution in [-0.4, -0.2) is 32.7 Å². The van der Waals surface area contributed by atoms with Crippen molar-refractivity contribution < 1.29 is 27.7 Å². The third-order valence-corrected chi connectivity index (χ3v) is 4.73. The first-order valence-electron chi connectivity index (χ1n) is 9.07. The van der Waals surface area contributed by atoms with Gasteiger partial charge in [-0.3, -0.25) is 0 Å². The Balaban J connectivity index is 1.37. The van der Waals surface area contributed by atoms with Gasteiger partial charge in [-0.1, -0.05) is 19.4 Å². The molecule has 0 amide bonds. The van der Waals surface area contributed by atoms with Crippen LogP contribution in [-0.2, 0) is 18.9 Å². The maximum absolute atomic E-state index is 13.3. The highest BCUT2D eigenvalue weighted by atomic mass is 19.2. The van der Waals surface area contributed by atoms with Gasteiger partial charge in [0.15, 0.2) is 24.2 Å². The summed E-state index contributed by atoms with van der Waals surface area (Å²) in [6, 6.07) is 3.70. The molecule has 4 nitrogen and oxygen atoms in total. The fourth-order valence-corrected chi connectivity index (χ4v) is 3.26. The molecule has 0 aliphatic carbocycles. The maximum atomic E-state index is 13.3. The molecule has 3 rings (SSSR count). The van der Waals surface area contributed by atoms with Gasteiger partial charge in [-0.25, -0.2) is 8.78 Å². The van der Waals surface area contributed by atoms with Crippen molar-refractivity contribution in [2.24, 2.45) is 11.8 Å². The van der Waals surface area contributed by atoms with Crippen LogP contribution in [0.3, 0.4) is 0 Å². The van der Waals surface area contributed by atoms with Crippen LogP contribution >= 0.6 is 0 Å². The molecule has 140 valence electrons. The Morgan fingerprint density at radius 3 is 2.12 bits per heavy atom. The van der Waals surface area contributed by atoms with Crippen LogP contribution in [0.1, 0.15) is 44.5 Å². The zero-order chi connectivity index (χ0) is 17.6. The summed E-state index contributed by atoms with van der Waals surface area (Å²) in [4.78, 5) is 0. The van der Waals surface area contributed by atoms with E-state index in [9.17, 15) is 8.78 Å². The summed E-state index contributed by atoms with van der Waals surface area (Å²) in [6.45, 7) is 4.76. The Morgan fingerprint density at radius 2 is 1.48 bits per heavy atom. The van der Waals surface area contributed by atoms with E-state index in [1.54, 1.807) is 0 Å². The topological polar surface area (TPSA) is 36.9 Å². The lowest BCUT2D eigenvalue weighted by atomic mass is 10.0. The molecular weight excluding hydrogens is 330 g/mol. The van der Waals surface area contributed by atoms with Crippen molar-refractivity contribution >= 4 is 0 Å². The Kier molecular flexibility index (Phi) is 6.76. The summed E-state index contributed by atoms with van der Waals surface area (Å²) < 4.78 is 49.2. The molecule has 0 unspecified atom stereocenters. The molecule has 2 heterocycles. The number of ether oxygens (including phenoxy) is 4. The maximum Gasteiger partial charge on any atom is 0.183 e. The predicted octanol–water partition coefficient (Wildman–Crippen LogP) is 4.20. The Labute approximate surface area is 147 Å². The molecule has 6 heteroatoms. The van der Waals surface area contributed by atoms with Crippen molar-refractivity contribution in [3.05, 3.63) is 35.4 Å². The van der Waals surface area contributed by atoms with Crippen molar-refractivity contribution in [1.29, 1.82) is 0 Å². The molecule has 1 aromatic carbocycles. The lowest BCUT2D eigenvalue weighted by Gasteiger charge is -2.32. The van der Waals surface area contributed by atoms with Gasteiger partial charge in [0.05, 0.1) is 26.4 Å². The largest absolute Gasteiger partial charge is 0.352 e. The molecule has 0 saturated carbocycles. The number of hydrogen-bond acceptors (Lipinski definition) is 4. The van der Waals surface area contributed by atoms with Crippen LogP contribution < -0.4 is 0 Å². The second kappa shape index (κ2) is 9.03. The van der Waals surface area contributed by atoms with E-state index in [0.29, 0.717) is 24.7 Å². The van der Waals surface area contributed by atoms with Gasteiger partial charge in [-0.2, -0.15) is 0 Å². The summed E-state index contributed by atoms with van der Waals surface area (Å²) in [5.74, 6) is -0.993. The first kappa shape index (κ1) is 18.7. The molecule has 0 spiro atoms. The van der Waals surface area contributed by atoms with Crippen LogP contribution in [0.5, 0.6) is 0 Å². The first-order chi connectivity index (χ1) is 12.2. The quantitative estimate of drug-likeness (QED) is 0.766. The summed E-state index contributed by atoms with van der Waals surface area (Å²) >= 11 is 0. The van der Waals surface area contributed by atoms with Gasteiger partial charge in [0.25, 0.3) is 0 Å². The molecule has 2 aliphatic rings. The van der Waals surface area contributed by atoms with Crippen molar-refractivity contribution in [3.8, 4) is 0 Å². The fourth-order valence-electron chi connectivity index (χ4n) is 3.26. The number of halogens is 2. The molecule has 0 bridgehead atoms. The van der Waals surface area contributed by atoms with Gasteiger partial charge in [-0.05, 0) is 31.4 Å². The lowest BCUT2D eigenvalue weighted by Crippen LogP contribution is -2.33. The van der Waals surface area contributed by atoms with E-state index in [4.69, 9.17) is 18.9 Å². The minimum atomic E-state index is -0.889. The van der Waals surface area contributed by atoms with Crippen molar-refractivity contribution in [2.45, 2.75) is 45.2 Å². The molecular formula is C19H26F2O4. The van der Waals surface area contributed by atoms with Crippen LogP contribution in [0.25, 0.3) is 0 Å². The monoisotopic (exact) mass is 356 g/mol. The zero-order valence-corrected chi connectivity index (χ0v) is 14.6. The van der Waals surface area contributed by atoms with E-state index in [1.807, 2.05) is 0 Å². The second-order valence-corrected chi connectivity index (χ2v) is 6.87. The van der Waals surface area contributed by atoms with E-state index in [2.05, 4.69) is 6.92 Å². The summed E-state index contributed by atoms with van der Waals surface area (Å²) in [7, 11) is 0. The van der Waals surface area contributed by atoms with E-state index in [-0.39, 0.29) is 12.2 Å². The Bertz CT molecular complexity index is 538. The smallest absolute Gasteiger partial charge is 0.183 e. The van der Waals surface area contributed by atoms with Crippen LogP contribution in [0.15, 0.2) is 18.2 Å². The van der Waals surface area contributed by atoms with Gasteiger partial charge in [0, 0.05) is 17.4 Å². The standard InChI is InChI=1S/C19H26F2O4/c1-2-3-13-9-22-18(23-10-13)7-4-14-11-24-19(25-12-14)15-5-6-16(20)17(21)8-15/h5-6,8,13-14,18-19H,2-4,7,9-12H2,1H3/t13-,14-,18-,19-. The molecule has 2 saturated heterocycles. The minimum absolute atomic E-state index is 0.142. The number of hydrogen-bond donors (Lipinski definition) is 0. The fraction of sp³-hybridized carbons (Fsp3) is 0.684. The third kappa shape index (κ3) is 5.20. The highest BCUT2D eigenvalue weighted by Gasteiger charge is 2.27. The molecule has 0 N–H and O–H groups in total. The molecule has 2 aliphatic heterocycles. The van der Waals surface area contributed by atoms with Gasteiger partial charge in [0.2, 0.25) is 0 Å². The Hall–Kier alpha value is -1.08. The SMILES string of the molecule is CCC[C@H]1CO[C@H](CC[C@H]2CO[C@H](c3ccc(F)c(F)c3)OC2)OC1. The number of benzene rings is 1. The van der Waals surface area contributed by atoms with Gasteiger partial charge >= 0.3 is 0 Å². The molecule has 2 fully saturated rings. The third-order valence-electron chi connectivity index (χ3n) is 4.73. The average Bonchev–Trinajstić information content (AvgIpc) is 2.64. The highest BCUT2D eigenvalue weighted by Crippen LogP contribution is 2.29. The lowest BCUT2D eigenvalue weighted by molar-refractivity contribution is -0.220. The van der Waals surface area contributed by atoms with E-state index < -0.39 is 17.9 Å². The van der Waals surface area contributed by atoms with Crippen molar-refractivity contribution in [3.63, 3.8) is 0 Å². The van der Waals surface area contributed by atoms with Crippen molar-refractivity contribution in [2.75, 3.05) is 26.4 Å². The van der Waals surface area contributed by atoms with Gasteiger partial charge in [0.1, 0.15) is 0 Å². The zero-order valence-electron chi connectivity index (χ0n) is 14.6. The van der Waals surface area contributed by atoms with E-state index >= 15 is 0 Å². The molecule has 0 aromatic heterocycles. The van der Waals surface area contributed by atoms with Crippen LogP contribution in [0.2, 0.25) is 0 Å². The molecule has 1 aromatic rings. The van der Waals surface area contributed by atoms with Gasteiger partial charge in [-0.15, -0.1) is 0 Å². The first-order valence-corrected chi connectivity index (χ1v) is 9.07. The normalized spacial score (nSPS) is 30.4. The van der Waals surface area contributed by atoms with E-state index in [1.165, 1.54) is 6.07 Å². The summed E-state index contributed by atoms with van der Waals surface area (Å²) in [5, 5.41) is 0. The predicted molar refractivity (Wildman–Crippen MR) is 87.8 cm³/mol. The number of rotatable bonds is 6. The minimum Gasteiger partial charge on any atom is -0.352 e. The Morgan fingerprint density at radius 1 is 0.840 bits per heavy atom. The van der Waals surface area contributed by atoms with Gasteiger partial charge < -0.3 is 18.9 Å². The molecule has 25 heavy (non-hydrogen) atoms. The average molecular weight is 356 g/mol. The molecule has 0 atom stereocenters. The van der Waals surface area contributed by atoms with Crippen LogP contribution in [0, 0.1) is 23.5 Å². The highest BCUT2D eigenvalue weighted by molar-refractivity contribution is 5.19. The molecule has 0 radical (unpaired) electrons. The second-order valence-electron chi connectivity index (χ2n) is 6.87. The van der Waals surface area contributed by atoms with Crippen molar-refractivity contribution in [1.82, 2.24) is 0 Å².